The number of nitrogens with two attached hydrogens (primary N) is 1. The third-order valence-electron chi connectivity index (χ3n) is 4.35. The second-order valence-electron chi connectivity index (χ2n) is 6.41. The number of carbonyl (C=O) groups excluding carboxylic acids is 1. The highest BCUT2D eigenvalue weighted by molar-refractivity contribution is 5.83. The Labute approximate surface area is 155 Å². The van der Waals surface area contributed by atoms with Crippen LogP contribution in [0.3, 0.4) is 0 Å². The SMILES string of the molecule is Nc1nc2ccc(-c3ccc(CC(=O)Cc4ccc(F)cc4)cc3)cn2n1. The fraction of sp³-hybridized carbons (Fsp3) is 0.0952. The second-order valence-corrected chi connectivity index (χ2v) is 6.41. The van der Waals surface area contributed by atoms with Crippen LogP contribution in [-0.4, -0.2) is 20.4 Å². The molecule has 0 aliphatic carbocycles. The predicted octanol–water partition coefficient (Wildman–Crippen LogP) is 3.47. The van der Waals surface area contributed by atoms with E-state index in [1.165, 1.54) is 12.1 Å². The van der Waals surface area contributed by atoms with Gasteiger partial charge in [-0.05, 0) is 41.0 Å². The van der Waals surface area contributed by atoms with Crippen LogP contribution in [0.5, 0.6) is 0 Å². The van der Waals surface area contributed by atoms with Crippen molar-refractivity contribution in [3.05, 3.63) is 83.8 Å². The van der Waals surface area contributed by atoms with Crippen molar-refractivity contribution in [3.63, 3.8) is 0 Å². The van der Waals surface area contributed by atoms with Crippen LogP contribution in [0.15, 0.2) is 66.9 Å². The molecule has 2 heterocycles. The zero-order chi connectivity index (χ0) is 18.8. The molecule has 5 nitrogen and oxygen atoms in total. The minimum Gasteiger partial charge on any atom is -0.366 e. The number of anilines is 1. The first-order valence-electron chi connectivity index (χ1n) is 8.54. The average molecular weight is 360 g/mol. The summed E-state index contributed by atoms with van der Waals surface area (Å²) in [6.45, 7) is 0. The Kier molecular flexibility index (Phi) is 4.38. The Bertz CT molecular complexity index is 1100. The fourth-order valence-electron chi connectivity index (χ4n) is 3.01. The summed E-state index contributed by atoms with van der Waals surface area (Å²) in [5, 5.41) is 4.12. The molecule has 0 atom stereocenters. The lowest BCUT2D eigenvalue weighted by Gasteiger charge is -2.05. The van der Waals surface area contributed by atoms with Gasteiger partial charge in [-0.15, -0.1) is 5.10 Å². The van der Waals surface area contributed by atoms with Crippen LogP contribution in [0.4, 0.5) is 10.3 Å². The molecule has 2 aromatic heterocycles. The van der Waals surface area contributed by atoms with Crippen molar-refractivity contribution in [1.29, 1.82) is 0 Å². The minimum atomic E-state index is -0.298. The number of rotatable bonds is 5. The van der Waals surface area contributed by atoms with Crippen molar-refractivity contribution in [1.82, 2.24) is 14.6 Å². The molecule has 0 spiro atoms. The molecular weight excluding hydrogens is 343 g/mol. The quantitative estimate of drug-likeness (QED) is 0.591. The summed E-state index contributed by atoms with van der Waals surface area (Å²) in [5.74, 6) is 0.0320. The average Bonchev–Trinajstić information content (AvgIpc) is 3.03. The highest BCUT2D eigenvalue weighted by Gasteiger charge is 2.07. The van der Waals surface area contributed by atoms with Crippen LogP contribution in [0.1, 0.15) is 11.1 Å². The molecule has 2 N–H and O–H groups in total. The normalized spacial score (nSPS) is 11.0. The van der Waals surface area contributed by atoms with Crippen molar-refractivity contribution in [2.24, 2.45) is 0 Å². The molecule has 134 valence electrons. The van der Waals surface area contributed by atoms with Crippen molar-refractivity contribution in [2.45, 2.75) is 12.8 Å². The number of pyridine rings is 1. The van der Waals surface area contributed by atoms with Gasteiger partial charge < -0.3 is 5.73 Å². The monoisotopic (exact) mass is 360 g/mol. The first-order chi connectivity index (χ1) is 13.1. The zero-order valence-corrected chi connectivity index (χ0v) is 14.5. The van der Waals surface area contributed by atoms with E-state index in [0.29, 0.717) is 18.5 Å². The molecule has 27 heavy (non-hydrogen) atoms. The van der Waals surface area contributed by atoms with E-state index >= 15 is 0 Å². The van der Waals surface area contributed by atoms with Gasteiger partial charge in [0.05, 0.1) is 0 Å². The van der Waals surface area contributed by atoms with E-state index in [-0.39, 0.29) is 17.5 Å². The smallest absolute Gasteiger partial charge is 0.240 e. The molecule has 0 unspecified atom stereocenters. The summed E-state index contributed by atoms with van der Waals surface area (Å²) < 4.78 is 14.6. The number of nitrogen functional groups attached to an aromatic ring is 1. The van der Waals surface area contributed by atoms with E-state index in [2.05, 4.69) is 10.1 Å². The van der Waals surface area contributed by atoms with Gasteiger partial charge in [0.25, 0.3) is 0 Å². The Morgan fingerprint density at radius 2 is 1.48 bits per heavy atom. The van der Waals surface area contributed by atoms with E-state index in [4.69, 9.17) is 5.73 Å². The number of fused-ring (bicyclic) bond motifs is 1. The van der Waals surface area contributed by atoms with Gasteiger partial charge in [0.2, 0.25) is 5.95 Å². The van der Waals surface area contributed by atoms with Crippen molar-refractivity contribution < 1.29 is 9.18 Å². The maximum absolute atomic E-state index is 12.9. The number of carbonyl (C=O) groups is 1. The van der Waals surface area contributed by atoms with Gasteiger partial charge in [-0.2, -0.15) is 4.98 Å². The first-order valence-corrected chi connectivity index (χ1v) is 8.54. The Morgan fingerprint density at radius 3 is 2.15 bits per heavy atom. The van der Waals surface area contributed by atoms with Gasteiger partial charge in [-0.1, -0.05) is 36.4 Å². The third-order valence-corrected chi connectivity index (χ3v) is 4.35. The standard InChI is InChI=1S/C21H17FN4O/c22-18-8-3-15(4-9-18)12-19(27)11-14-1-5-16(6-2-14)17-7-10-20-24-21(23)25-26(20)13-17/h1-10,13H,11-12H2,(H2,23,25). The molecule has 6 heteroatoms. The van der Waals surface area contributed by atoms with Gasteiger partial charge in [0.15, 0.2) is 5.65 Å². The van der Waals surface area contributed by atoms with Gasteiger partial charge in [0, 0.05) is 24.6 Å². The van der Waals surface area contributed by atoms with E-state index in [1.54, 1.807) is 16.6 Å². The second kappa shape index (κ2) is 6.99. The van der Waals surface area contributed by atoms with E-state index in [0.717, 1.165) is 22.3 Å². The number of halogens is 1. The lowest BCUT2D eigenvalue weighted by Crippen LogP contribution is -2.06. The molecule has 0 aliphatic heterocycles. The number of benzene rings is 2. The molecule has 0 aliphatic rings. The summed E-state index contributed by atoms with van der Waals surface area (Å²) in [7, 11) is 0. The van der Waals surface area contributed by atoms with E-state index in [9.17, 15) is 9.18 Å². The lowest BCUT2D eigenvalue weighted by atomic mass is 10.0. The minimum absolute atomic E-state index is 0.0915. The van der Waals surface area contributed by atoms with Crippen molar-refractivity contribution >= 4 is 17.4 Å². The summed E-state index contributed by atoms with van der Waals surface area (Å²) in [4.78, 5) is 16.4. The van der Waals surface area contributed by atoms with Crippen LogP contribution in [0.25, 0.3) is 16.8 Å². The van der Waals surface area contributed by atoms with Crippen molar-refractivity contribution in [3.8, 4) is 11.1 Å². The number of hydrogen-bond acceptors (Lipinski definition) is 4. The molecule has 2 aromatic carbocycles. The Morgan fingerprint density at radius 1 is 0.889 bits per heavy atom. The van der Waals surface area contributed by atoms with Gasteiger partial charge in [0.1, 0.15) is 11.6 Å². The van der Waals surface area contributed by atoms with Crippen LogP contribution < -0.4 is 5.73 Å². The highest BCUT2D eigenvalue weighted by atomic mass is 19.1. The predicted molar refractivity (Wildman–Crippen MR) is 102 cm³/mol. The van der Waals surface area contributed by atoms with Crippen LogP contribution in [0, 0.1) is 5.82 Å². The molecule has 0 saturated heterocycles. The number of Topliss-reactive ketones (excluding diaryl/α,β-unsaturated/α-hetero) is 1. The summed E-state index contributed by atoms with van der Waals surface area (Å²) >= 11 is 0. The van der Waals surface area contributed by atoms with Gasteiger partial charge in [-0.3, -0.25) is 4.79 Å². The molecule has 0 saturated carbocycles. The highest BCUT2D eigenvalue weighted by Crippen LogP contribution is 2.21. The topological polar surface area (TPSA) is 73.3 Å². The summed E-state index contributed by atoms with van der Waals surface area (Å²) in [6, 6.07) is 17.7. The molecule has 0 bridgehead atoms. The third kappa shape index (κ3) is 3.84. The zero-order valence-electron chi connectivity index (χ0n) is 14.5. The van der Waals surface area contributed by atoms with Crippen LogP contribution in [-0.2, 0) is 17.6 Å². The van der Waals surface area contributed by atoms with Crippen LogP contribution in [0.2, 0.25) is 0 Å². The molecular formula is C21H17FN4O. The maximum Gasteiger partial charge on any atom is 0.240 e. The summed E-state index contributed by atoms with van der Waals surface area (Å²) in [5.41, 5.74) is 10.1. The fourth-order valence-corrected chi connectivity index (χ4v) is 3.01. The number of aromatic nitrogens is 3. The number of ketones is 1. The lowest BCUT2D eigenvalue weighted by molar-refractivity contribution is -0.117. The van der Waals surface area contributed by atoms with Gasteiger partial charge >= 0.3 is 0 Å². The number of nitrogens with zero attached hydrogens (tertiary/aromatic N) is 3. The van der Waals surface area contributed by atoms with E-state index < -0.39 is 0 Å². The Hall–Kier alpha value is -3.54. The molecule has 4 aromatic rings. The summed E-state index contributed by atoms with van der Waals surface area (Å²) in [6.07, 6.45) is 2.51. The number of hydrogen-bond donors (Lipinski definition) is 1. The molecule has 4 rings (SSSR count). The first kappa shape index (κ1) is 16.9. The van der Waals surface area contributed by atoms with Crippen molar-refractivity contribution in [2.75, 3.05) is 5.73 Å². The largest absolute Gasteiger partial charge is 0.366 e. The Balaban J connectivity index is 1.46. The maximum atomic E-state index is 12.9. The van der Waals surface area contributed by atoms with E-state index in [1.807, 2.05) is 42.6 Å². The molecule has 0 radical (unpaired) electrons. The molecule has 0 fully saturated rings. The van der Waals surface area contributed by atoms with Gasteiger partial charge in [-0.25, -0.2) is 8.91 Å². The van der Waals surface area contributed by atoms with Crippen LogP contribution >= 0.6 is 0 Å². The molecule has 0 amide bonds.